The summed E-state index contributed by atoms with van der Waals surface area (Å²) in [6.07, 6.45) is 3.44. The maximum Gasteiger partial charge on any atom is 0.410 e. The average molecular weight is 537 g/mol. The van der Waals surface area contributed by atoms with Crippen LogP contribution in [-0.4, -0.2) is 43.8 Å². The third-order valence-electron chi connectivity index (χ3n) is 6.54. The fourth-order valence-electron chi connectivity index (χ4n) is 4.85. The summed E-state index contributed by atoms with van der Waals surface area (Å²) in [6.45, 7) is 7.01. The van der Waals surface area contributed by atoms with Crippen LogP contribution < -0.4 is 5.69 Å². The van der Waals surface area contributed by atoms with Gasteiger partial charge in [0.15, 0.2) is 0 Å². The van der Waals surface area contributed by atoms with Crippen LogP contribution in [0.15, 0.2) is 57.9 Å². The highest BCUT2D eigenvalue weighted by atomic mass is 79.9. The number of aromatic nitrogens is 3. The van der Waals surface area contributed by atoms with Crippen molar-refractivity contribution in [3.8, 4) is 5.69 Å². The van der Waals surface area contributed by atoms with Crippen molar-refractivity contribution in [3.05, 3.63) is 69.2 Å². The number of likely N-dealkylation sites (tertiary alicyclic amines) is 1. The number of rotatable bonds is 2. The van der Waals surface area contributed by atoms with Gasteiger partial charge in [-0.1, -0.05) is 28.1 Å². The number of benzene rings is 2. The molecule has 5 rings (SSSR count). The number of carbonyl (C=O) groups excluding carboxylic acids is 1. The van der Waals surface area contributed by atoms with Gasteiger partial charge in [0.25, 0.3) is 0 Å². The van der Waals surface area contributed by atoms with Crippen molar-refractivity contribution in [2.24, 2.45) is 7.05 Å². The molecule has 3 heterocycles. The molecule has 35 heavy (non-hydrogen) atoms. The zero-order chi connectivity index (χ0) is 24.9. The average Bonchev–Trinajstić information content (AvgIpc) is 3.08. The van der Waals surface area contributed by atoms with Crippen LogP contribution in [0.2, 0.25) is 0 Å². The molecule has 2 aromatic heterocycles. The third kappa shape index (κ3) is 4.47. The molecule has 1 amide bonds. The first kappa shape index (κ1) is 23.6. The minimum atomic E-state index is -0.507. The second-order valence-electron chi connectivity index (χ2n) is 10.2. The summed E-state index contributed by atoms with van der Waals surface area (Å²) in [5.41, 5.74) is 3.79. The van der Waals surface area contributed by atoms with Crippen molar-refractivity contribution in [2.45, 2.75) is 45.1 Å². The van der Waals surface area contributed by atoms with E-state index in [-0.39, 0.29) is 17.7 Å². The van der Waals surface area contributed by atoms with E-state index in [1.165, 1.54) is 0 Å². The highest BCUT2D eigenvalue weighted by Crippen LogP contribution is 2.31. The van der Waals surface area contributed by atoms with E-state index in [1.807, 2.05) is 51.1 Å². The molecule has 1 aliphatic rings. The largest absolute Gasteiger partial charge is 0.444 e. The van der Waals surface area contributed by atoms with E-state index in [0.29, 0.717) is 13.1 Å². The number of aryl methyl sites for hydroxylation is 1. The monoisotopic (exact) mass is 536 g/mol. The molecule has 0 saturated carbocycles. The van der Waals surface area contributed by atoms with Crippen molar-refractivity contribution in [3.63, 3.8) is 0 Å². The predicted molar refractivity (Wildman–Crippen MR) is 141 cm³/mol. The minimum Gasteiger partial charge on any atom is -0.444 e. The summed E-state index contributed by atoms with van der Waals surface area (Å²) in [5.74, 6) is 0.232. The zero-order valence-corrected chi connectivity index (χ0v) is 22.0. The van der Waals surface area contributed by atoms with Crippen molar-refractivity contribution in [2.75, 3.05) is 13.1 Å². The molecule has 7 nitrogen and oxygen atoms in total. The lowest BCUT2D eigenvalue weighted by Crippen LogP contribution is -2.42. The molecular formula is C27H29BrN4O3. The van der Waals surface area contributed by atoms with Crippen LogP contribution in [0.5, 0.6) is 0 Å². The van der Waals surface area contributed by atoms with Gasteiger partial charge in [-0.2, -0.15) is 0 Å². The standard InChI is InChI=1S/C27H29BrN4O3/c1-27(2,3)35-26(34)31-13-5-6-18(16-31)17-7-10-20(11-8-17)32-24-21-14-19(28)9-12-22(21)29-15-23(24)30(4)25(32)33/h7-12,14-15,18H,5-6,13,16H2,1-4H3. The third-order valence-corrected chi connectivity index (χ3v) is 7.03. The molecule has 0 N–H and O–H groups in total. The van der Waals surface area contributed by atoms with Crippen molar-refractivity contribution in [1.82, 2.24) is 19.0 Å². The Kier molecular flexibility index (Phi) is 5.95. The molecule has 8 heteroatoms. The number of fused-ring (bicyclic) bond motifs is 3. The smallest absolute Gasteiger partial charge is 0.410 e. The Balaban J connectivity index is 1.49. The van der Waals surface area contributed by atoms with Crippen LogP contribution in [-0.2, 0) is 11.8 Å². The summed E-state index contributed by atoms with van der Waals surface area (Å²) >= 11 is 3.55. The number of hydrogen-bond acceptors (Lipinski definition) is 4. The zero-order valence-electron chi connectivity index (χ0n) is 20.4. The summed E-state index contributed by atoms with van der Waals surface area (Å²) < 4.78 is 9.90. The van der Waals surface area contributed by atoms with Gasteiger partial charge in [-0.25, -0.2) is 9.59 Å². The Hall–Kier alpha value is -3.13. The van der Waals surface area contributed by atoms with E-state index >= 15 is 0 Å². The first-order valence-electron chi connectivity index (χ1n) is 11.9. The van der Waals surface area contributed by atoms with Gasteiger partial charge in [-0.15, -0.1) is 0 Å². The summed E-state index contributed by atoms with van der Waals surface area (Å²) in [5, 5.41) is 0.916. The van der Waals surface area contributed by atoms with Crippen LogP contribution >= 0.6 is 15.9 Å². The number of imidazole rings is 1. The highest BCUT2D eigenvalue weighted by Gasteiger charge is 2.28. The normalized spacial score (nSPS) is 16.7. The fraction of sp³-hybridized carbons (Fsp3) is 0.370. The molecule has 2 aromatic carbocycles. The van der Waals surface area contributed by atoms with Crippen molar-refractivity contribution >= 4 is 44.0 Å². The SMILES string of the molecule is Cn1c(=O)n(-c2ccc(C3CCCN(C(=O)OC(C)(C)C)C3)cc2)c2c3cc(Br)ccc3ncc21. The number of carbonyl (C=O) groups is 1. The molecule has 1 fully saturated rings. The molecule has 0 aliphatic carbocycles. The van der Waals surface area contributed by atoms with Crippen LogP contribution in [0.4, 0.5) is 4.79 Å². The van der Waals surface area contributed by atoms with Gasteiger partial charge >= 0.3 is 11.8 Å². The molecule has 1 saturated heterocycles. The van der Waals surface area contributed by atoms with Gasteiger partial charge in [-0.3, -0.25) is 14.1 Å². The number of hydrogen-bond donors (Lipinski definition) is 0. The molecule has 1 unspecified atom stereocenters. The van der Waals surface area contributed by atoms with E-state index in [0.717, 1.165) is 50.5 Å². The van der Waals surface area contributed by atoms with Crippen LogP contribution in [0.25, 0.3) is 27.6 Å². The first-order valence-corrected chi connectivity index (χ1v) is 12.7. The number of amides is 1. The number of pyridine rings is 1. The van der Waals surface area contributed by atoms with Gasteiger partial charge in [0, 0.05) is 35.9 Å². The molecular weight excluding hydrogens is 508 g/mol. The highest BCUT2D eigenvalue weighted by molar-refractivity contribution is 9.10. The fourth-order valence-corrected chi connectivity index (χ4v) is 5.21. The molecule has 1 atom stereocenters. The van der Waals surface area contributed by atoms with Crippen molar-refractivity contribution in [1.29, 1.82) is 0 Å². The Morgan fingerprint density at radius 1 is 1.14 bits per heavy atom. The van der Waals surface area contributed by atoms with Crippen LogP contribution in [0, 0.1) is 0 Å². The number of ether oxygens (including phenoxy) is 1. The van der Waals surface area contributed by atoms with E-state index in [9.17, 15) is 9.59 Å². The number of piperidine rings is 1. The maximum absolute atomic E-state index is 13.3. The molecule has 1 aliphatic heterocycles. The van der Waals surface area contributed by atoms with Crippen molar-refractivity contribution < 1.29 is 9.53 Å². The number of nitrogens with zero attached hydrogens (tertiary/aromatic N) is 4. The minimum absolute atomic E-state index is 0.115. The second kappa shape index (κ2) is 8.82. The van der Waals surface area contributed by atoms with Gasteiger partial charge in [-0.05, 0) is 69.5 Å². The predicted octanol–water partition coefficient (Wildman–Crippen LogP) is 5.75. The summed E-state index contributed by atoms with van der Waals surface area (Å²) in [4.78, 5) is 32.2. The Morgan fingerprint density at radius 2 is 1.89 bits per heavy atom. The van der Waals surface area contributed by atoms with Gasteiger partial charge in [0.2, 0.25) is 0 Å². The lowest BCUT2D eigenvalue weighted by atomic mass is 9.90. The summed E-state index contributed by atoms with van der Waals surface area (Å²) in [7, 11) is 1.77. The number of halogens is 1. The second-order valence-corrected chi connectivity index (χ2v) is 11.1. The molecule has 0 spiro atoms. The van der Waals surface area contributed by atoms with Crippen LogP contribution in [0.1, 0.15) is 45.1 Å². The maximum atomic E-state index is 13.3. The van der Waals surface area contributed by atoms with Gasteiger partial charge in [0.05, 0.1) is 28.4 Å². The van der Waals surface area contributed by atoms with E-state index in [4.69, 9.17) is 4.74 Å². The molecule has 0 radical (unpaired) electrons. The topological polar surface area (TPSA) is 69.4 Å². The lowest BCUT2D eigenvalue weighted by Gasteiger charge is -2.34. The van der Waals surface area contributed by atoms with E-state index < -0.39 is 5.60 Å². The van der Waals surface area contributed by atoms with Gasteiger partial charge < -0.3 is 9.64 Å². The lowest BCUT2D eigenvalue weighted by molar-refractivity contribution is 0.0198. The van der Waals surface area contributed by atoms with E-state index in [1.54, 1.807) is 27.3 Å². The van der Waals surface area contributed by atoms with E-state index in [2.05, 4.69) is 33.0 Å². The Labute approximate surface area is 212 Å². The summed E-state index contributed by atoms with van der Waals surface area (Å²) in [6, 6.07) is 14.0. The molecule has 0 bridgehead atoms. The Bertz CT molecular complexity index is 1480. The molecule has 182 valence electrons. The van der Waals surface area contributed by atoms with Gasteiger partial charge in [0.1, 0.15) is 5.60 Å². The van der Waals surface area contributed by atoms with Crippen LogP contribution in [0.3, 0.4) is 0 Å². The first-order chi connectivity index (χ1) is 16.6. The molecule has 4 aromatic rings. The Morgan fingerprint density at radius 3 is 2.60 bits per heavy atom. The quantitative estimate of drug-likeness (QED) is 0.326.